The summed E-state index contributed by atoms with van der Waals surface area (Å²) in [6, 6.07) is 12.1. The molecule has 4 heteroatoms. The maximum Gasteiger partial charge on any atom is 0.174 e. The summed E-state index contributed by atoms with van der Waals surface area (Å²) in [4.78, 5) is 0. The van der Waals surface area contributed by atoms with E-state index in [4.69, 9.17) is 4.74 Å². The Kier molecular flexibility index (Phi) is 5.52. The number of benzene rings is 2. The second-order valence-electron chi connectivity index (χ2n) is 5.73. The Bertz CT molecular complexity index is 824. The summed E-state index contributed by atoms with van der Waals surface area (Å²) in [5.41, 5.74) is 2.48. The van der Waals surface area contributed by atoms with Gasteiger partial charge < -0.3 is 15.2 Å². The van der Waals surface area contributed by atoms with Crippen molar-refractivity contribution in [2.45, 2.75) is 13.0 Å². The number of aromatic hydroxyl groups is 1. The maximum absolute atomic E-state index is 13.4. The minimum absolute atomic E-state index is 0.358. The number of rotatable bonds is 6. The molecular formula is C21H20FNO2. The first kappa shape index (κ1) is 16.8. The van der Waals surface area contributed by atoms with Gasteiger partial charge in [0.25, 0.3) is 0 Å². The van der Waals surface area contributed by atoms with Crippen molar-refractivity contribution >= 4 is 5.69 Å². The number of phenols is 1. The predicted octanol–water partition coefficient (Wildman–Crippen LogP) is 4.96. The van der Waals surface area contributed by atoms with Gasteiger partial charge in [-0.2, -0.15) is 0 Å². The lowest BCUT2D eigenvalue weighted by Crippen LogP contribution is -2.06. The molecule has 0 atom stereocenters. The largest absolute Gasteiger partial charge is 0.503 e. The number of nitrogens with one attached hydrogen (secondary N) is 1. The molecule has 2 aromatic rings. The molecule has 1 aliphatic carbocycles. The fraction of sp³-hybridized carbons (Fsp3) is 0.143. The van der Waals surface area contributed by atoms with Gasteiger partial charge in [-0.1, -0.05) is 54.6 Å². The highest BCUT2D eigenvalue weighted by atomic mass is 19.1. The van der Waals surface area contributed by atoms with E-state index in [0.717, 1.165) is 17.7 Å². The number of para-hydroxylation sites is 2. The molecule has 128 valence electrons. The zero-order valence-corrected chi connectivity index (χ0v) is 13.8. The number of phenolic OH excluding ortho intramolecular Hbond substituents is 1. The Balaban J connectivity index is 1.66. The summed E-state index contributed by atoms with van der Waals surface area (Å²) >= 11 is 0. The molecule has 1 aliphatic rings. The van der Waals surface area contributed by atoms with E-state index >= 15 is 0 Å². The molecule has 0 aromatic heterocycles. The number of allylic oxidation sites excluding steroid dienone is 5. The van der Waals surface area contributed by atoms with Crippen LogP contribution < -0.4 is 10.1 Å². The zero-order valence-electron chi connectivity index (χ0n) is 13.8. The van der Waals surface area contributed by atoms with E-state index in [0.29, 0.717) is 18.8 Å². The lowest BCUT2D eigenvalue weighted by atomic mass is 10.1. The van der Waals surface area contributed by atoms with Crippen LogP contribution in [0.25, 0.3) is 0 Å². The van der Waals surface area contributed by atoms with Crippen LogP contribution >= 0.6 is 0 Å². The van der Waals surface area contributed by atoms with Crippen molar-refractivity contribution in [3.63, 3.8) is 0 Å². The van der Waals surface area contributed by atoms with Gasteiger partial charge in [0.2, 0.25) is 0 Å². The van der Waals surface area contributed by atoms with Gasteiger partial charge in [-0.15, -0.1) is 0 Å². The van der Waals surface area contributed by atoms with E-state index in [1.807, 2.05) is 42.5 Å². The van der Waals surface area contributed by atoms with E-state index in [9.17, 15) is 9.50 Å². The first-order valence-electron chi connectivity index (χ1n) is 8.17. The molecular weight excluding hydrogens is 317 g/mol. The molecule has 0 heterocycles. The number of halogens is 1. The molecule has 3 nitrogen and oxygen atoms in total. The third kappa shape index (κ3) is 4.51. The van der Waals surface area contributed by atoms with Crippen LogP contribution in [0.3, 0.4) is 0 Å². The third-order valence-electron chi connectivity index (χ3n) is 3.91. The standard InChI is InChI=1S/C21H20FNO2/c22-18-11-7-12-19(21(18)24)23-14-17-10-5-6-13-20(17)25-15-16-8-3-1-2-4-9-16/h1-8,10-13,23-24H,9,14-15H2. The molecule has 0 bridgehead atoms. The van der Waals surface area contributed by atoms with E-state index in [-0.39, 0.29) is 5.75 Å². The van der Waals surface area contributed by atoms with Crippen LogP contribution in [-0.2, 0) is 6.54 Å². The van der Waals surface area contributed by atoms with Crippen LogP contribution in [0.4, 0.5) is 10.1 Å². The summed E-state index contributed by atoms with van der Waals surface area (Å²) in [5.74, 6) is -0.247. The van der Waals surface area contributed by atoms with Gasteiger partial charge in [-0.25, -0.2) is 4.39 Å². The Labute approximate surface area is 146 Å². The van der Waals surface area contributed by atoms with Gasteiger partial charge in [0.15, 0.2) is 11.6 Å². The molecule has 2 N–H and O–H groups in total. The van der Waals surface area contributed by atoms with Crippen LogP contribution in [0.2, 0.25) is 0 Å². The highest BCUT2D eigenvalue weighted by Gasteiger charge is 2.08. The quantitative estimate of drug-likeness (QED) is 0.732. The predicted molar refractivity (Wildman–Crippen MR) is 98.3 cm³/mol. The number of ether oxygens (including phenoxy) is 1. The van der Waals surface area contributed by atoms with E-state index in [1.54, 1.807) is 12.1 Å². The highest BCUT2D eigenvalue weighted by Crippen LogP contribution is 2.27. The molecule has 0 amide bonds. The van der Waals surface area contributed by atoms with Crippen molar-refractivity contribution in [3.8, 4) is 11.5 Å². The van der Waals surface area contributed by atoms with Gasteiger partial charge in [-0.3, -0.25) is 0 Å². The average Bonchev–Trinajstić information content (AvgIpc) is 2.91. The third-order valence-corrected chi connectivity index (χ3v) is 3.91. The minimum Gasteiger partial charge on any atom is -0.503 e. The maximum atomic E-state index is 13.4. The molecule has 2 aromatic carbocycles. The normalized spacial score (nSPS) is 13.2. The topological polar surface area (TPSA) is 41.5 Å². The minimum atomic E-state index is -0.643. The second-order valence-corrected chi connectivity index (χ2v) is 5.73. The molecule has 0 aliphatic heterocycles. The van der Waals surface area contributed by atoms with Crippen molar-refractivity contribution in [2.24, 2.45) is 0 Å². The van der Waals surface area contributed by atoms with E-state index in [1.165, 1.54) is 11.6 Å². The van der Waals surface area contributed by atoms with Crippen LogP contribution in [0, 0.1) is 5.82 Å². The number of anilines is 1. The van der Waals surface area contributed by atoms with Gasteiger partial charge in [0.1, 0.15) is 12.4 Å². The van der Waals surface area contributed by atoms with Crippen molar-refractivity contribution in [3.05, 3.63) is 89.8 Å². The fourth-order valence-electron chi connectivity index (χ4n) is 2.54. The van der Waals surface area contributed by atoms with E-state index < -0.39 is 5.82 Å². The fourth-order valence-corrected chi connectivity index (χ4v) is 2.54. The number of hydrogen-bond donors (Lipinski definition) is 2. The Hall–Kier alpha value is -3.01. The van der Waals surface area contributed by atoms with Crippen molar-refractivity contribution in [2.75, 3.05) is 11.9 Å². The van der Waals surface area contributed by atoms with Crippen molar-refractivity contribution in [1.29, 1.82) is 0 Å². The van der Waals surface area contributed by atoms with Crippen LogP contribution in [0.1, 0.15) is 12.0 Å². The van der Waals surface area contributed by atoms with Crippen LogP contribution in [-0.4, -0.2) is 11.7 Å². The van der Waals surface area contributed by atoms with Gasteiger partial charge in [0, 0.05) is 12.1 Å². The second kappa shape index (κ2) is 8.20. The summed E-state index contributed by atoms with van der Waals surface area (Å²) in [6.07, 6.45) is 11.0. The molecule has 3 rings (SSSR count). The SMILES string of the molecule is Oc1c(F)cccc1NCc1ccccc1OCC1=CC=CC=CC1. The average molecular weight is 337 g/mol. The molecule has 0 fully saturated rings. The smallest absolute Gasteiger partial charge is 0.174 e. The van der Waals surface area contributed by atoms with E-state index in [2.05, 4.69) is 17.5 Å². The lowest BCUT2D eigenvalue weighted by Gasteiger charge is -2.14. The summed E-state index contributed by atoms with van der Waals surface area (Å²) < 4.78 is 19.4. The summed E-state index contributed by atoms with van der Waals surface area (Å²) in [7, 11) is 0. The number of hydrogen-bond acceptors (Lipinski definition) is 3. The Morgan fingerprint density at radius 2 is 1.92 bits per heavy atom. The molecule has 0 unspecified atom stereocenters. The lowest BCUT2D eigenvalue weighted by molar-refractivity contribution is 0.346. The molecule has 0 saturated heterocycles. The monoisotopic (exact) mass is 337 g/mol. The Morgan fingerprint density at radius 3 is 2.84 bits per heavy atom. The van der Waals surface area contributed by atoms with Crippen LogP contribution in [0.15, 0.2) is 78.4 Å². The summed E-state index contributed by atoms with van der Waals surface area (Å²) in [6.45, 7) is 0.933. The molecule has 0 radical (unpaired) electrons. The van der Waals surface area contributed by atoms with Crippen molar-refractivity contribution in [1.82, 2.24) is 0 Å². The van der Waals surface area contributed by atoms with Crippen molar-refractivity contribution < 1.29 is 14.2 Å². The van der Waals surface area contributed by atoms with Crippen LogP contribution in [0.5, 0.6) is 11.5 Å². The molecule has 0 spiro atoms. The zero-order chi connectivity index (χ0) is 17.5. The Morgan fingerprint density at radius 1 is 1.04 bits per heavy atom. The highest BCUT2D eigenvalue weighted by molar-refractivity contribution is 5.56. The van der Waals surface area contributed by atoms with Gasteiger partial charge in [-0.05, 0) is 30.2 Å². The van der Waals surface area contributed by atoms with Gasteiger partial charge in [0.05, 0.1) is 5.69 Å². The molecule has 0 saturated carbocycles. The van der Waals surface area contributed by atoms with Gasteiger partial charge >= 0.3 is 0 Å². The summed E-state index contributed by atoms with van der Waals surface area (Å²) in [5, 5.41) is 12.8. The first-order chi connectivity index (χ1) is 12.2. The first-order valence-corrected chi connectivity index (χ1v) is 8.17. The molecule has 25 heavy (non-hydrogen) atoms.